The second-order valence-electron chi connectivity index (χ2n) is 7.61. The van der Waals surface area contributed by atoms with Crippen LogP contribution in [0.15, 0.2) is 54.6 Å². The van der Waals surface area contributed by atoms with Gasteiger partial charge in [-0.3, -0.25) is 19.4 Å². The zero-order valence-corrected chi connectivity index (χ0v) is 17.4. The Labute approximate surface area is 175 Å². The van der Waals surface area contributed by atoms with Gasteiger partial charge in [0.15, 0.2) is 0 Å². The van der Waals surface area contributed by atoms with Crippen molar-refractivity contribution in [2.75, 3.05) is 30.4 Å². The summed E-state index contributed by atoms with van der Waals surface area (Å²) in [5.74, 6) is -0.286. The predicted octanol–water partition coefficient (Wildman–Crippen LogP) is 2.91. The van der Waals surface area contributed by atoms with Crippen LogP contribution in [-0.4, -0.2) is 46.6 Å². The highest BCUT2D eigenvalue weighted by molar-refractivity contribution is 6.10. The number of anilines is 2. The lowest BCUT2D eigenvalue weighted by Gasteiger charge is -2.30. The number of nitrogens with one attached hydrogen (secondary N) is 1. The average Bonchev–Trinajstić information content (AvgIpc) is 3.02. The van der Waals surface area contributed by atoms with Gasteiger partial charge in [-0.05, 0) is 45.2 Å². The van der Waals surface area contributed by atoms with Gasteiger partial charge >= 0.3 is 0 Å². The molecule has 154 valence electrons. The summed E-state index contributed by atoms with van der Waals surface area (Å²) in [7, 11) is 1.91. The molecule has 0 saturated heterocycles. The normalized spacial score (nSPS) is 13.3. The fourth-order valence-corrected chi connectivity index (χ4v) is 3.82. The molecule has 1 aliphatic heterocycles. The number of hydrogen-bond donors (Lipinski definition) is 1. The van der Waals surface area contributed by atoms with E-state index in [4.69, 9.17) is 0 Å². The third-order valence-corrected chi connectivity index (χ3v) is 5.35. The smallest absolute Gasteiger partial charge is 0.244 e. The maximum absolute atomic E-state index is 13.0. The molecule has 0 fully saturated rings. The second-order valence-corrected chi connectivity index (χ2v) is 7.61. The van der Waals surface area contributed by atoms with E-state index in [1.54, 1.807) is 11.0 Å². The number of amides is 2. The quantitative estimate of drug-likeness (QED) is 0.711. The molecule has 2 heterocycles. The Hall–Kier alpha value is -3.45. The molecule has 0 radical (unpaired) electrons. The molecule has 2 aromatic carbocycles. The Morgan fingerprint density at radius 3 is 2.57 bits per heavy atom. The number of rotatable bonds is 5. The van der Waals surface area contributed by atoms with E-state index in [1.807, 2.05) is 79.0 Å². The molecule has 0 spiro atoms. The third-order valence-electron chi connectivity index (χ3n) is 5.35. The SMILES string of the molecule is Cc1nn(-c2ccccc2)c(C)c1CN(C)CC(=O)N1CC(=O)Nc2ccccc21. The van der Waals surface area contributed by atoms with Gasteiger partial charge in [0.25, 0.3) is 0 Å². The molecular weight excluding hydrogens is 378 g/mol. The van der Waals surface area contributed by atoms with E-state index < -0.39 is 0 Å². The Kier molecular flexibility index (Phi) is 5.37. The van der Waals surface area contributed by atoms with Gasteiger partial charge in [0.2, 0.25) is 11.8 Å². The number of carbonyl (C=O) groups excluding carboxylic acids is 2. The van der Waals surface area contributed by atoms with Crippen molar-refractivity contribution in [2.45, 2.75) is 20.4 Å². The summed E-state index contributed by atoms with van der Waals surface area (Å²) in [6.45, 7) is 4.87. The van der Waals surface area contributed by atoms with Crippen molar-refractivity contribution in [1.29, 1.82) is 0 Å². The minimum Gasteiger partial charge on any atom is -0.323 e. The van der Waals surface area contributed by atoms with Crippen LogP contribution < -0.4 is 10.2 Å². The van der Waals surface area contributed by atoms with Crippen LogP contribution in [0.2, 0.25) is 0 Å². The summed E-state index contributed by atoms with van der Waals surface area (Å²) in [6, 6.07) is 17.4. The fraction of sp³-hybridized carbons (Fsp3) is 0.261. The van der Waals surface area contributed by atoms with E-state index >= 15 is 0 Å². The number of nitrogens with zero attached hydrogens (tertiary/aromatic N) is 4. The monoisotopic (exact) mass is 403 g/mol. The van der Waals surface area contributed by atoms with Crippen molar-refractivity contribution in [1.82, 2.24) is 14.7 Å². The van der Waals surface area contributed by atoms with Gasteiger partial charge in [0.05, 0.1) is 29.3 Å². The molecule has 0 unspecified atom stereocenters. The summed E-state index contributed by atoms with van der Waals surface area (Å²) >= 11 is 0. The van der Waals surface area contributed by atoms with E-state index in [-0.39, 0.29) is 24.9 Å². The van der Waals surface area contributed by atoms with Gasteiger partial charge in [-0.25, -0.2) is 4.68 Å². The lowest BCUT2D eigenvalue weighted by Crippen LogP contribution is -2.46. The minimum absolute atomic E-state index is 0.0354. The van der Waals surface area contributed by atoms with Gasteiger partial charge in [-0.15, -0.1) is 0 Å². The Morgan fingerprint density at radius 2 is 1.80 bits per heavy atom. The Bertz CT molecular complexity index is 1090. The summed E-state index contributed by atoms with van der Waals surface area (Å²) in [4.78, 5) is 28.5. The van der Waals surface area contributed by atoms with Crippen molar-refractivity contribution in [3.8, 4) is 5.69 Å². The van der Waals surface area contributed by atoms with Crippen molar-refractivity contribution in [3.05, 3.63) is 71.5 Å². The molecule has 1 aliphatic rings. The minimum atomic E-state index is -0.180. The van der Waals surface area contributed by atoms with E-state index in [2.05, 4.69) is 10.4 Å². The van der Waals surface area contributed by atoms with E-state index in [0.29, 0.717) is 12.2 Å². The van der Waals surface area contributed by atoms with Crippen LogP contribution in [-0.2, 0) is 16.1 Å². The van der Waals surface area contributed by atoms with Crippen LogP contribution in [0.1, 0.15) is 17.0 Å². The molecule has 7 heteroatoms. The molecule has 30 heavy (non-hydrogen) atoms. The lowest BCUT2D eigenvalue weighted by molar-refractivity contribution is -0.122. The lowest BCUT2D eigenvalue weighted by atomic mass is 10.1. The van der Waals surface area contributed by atoms with Gasteiger partial charge in [-0.1, -0.05) is 30.3 Å². The number of carbonyl (C=O) groups is 2. The molecule has 1 N–H and O–H groups in total. The van der Waals surface area contributed by atoms with E-state index in [0.717, 1.165) is 28.3 Å². The number of likely N-dealkylation sites (N-methyl/N-ethyl adjacent to an activating group) is 1. The highest BCUT2D eigenvalue weighted by atomic mass is 16.2. The van der Waals surface area contributed by atoms with Crippen LogP contribution in [0.5, 0.6) is 0 Å². The first-order chi connectivity index (χ1) is 14.4. The standard InChI is InChI=1S/C23H25N5O2/c1-16-19(17(2)28(25-16)18-9-5-4-6-10-18)13-26(3)15-23(30)27-14-22(29)24-20-11-7-8-12-21(20)27/h4-12H,13-15H2,1-3H3,(H,24,29). The molecule has 3 aromatic rings. The van der Waals surface area contributed by atoms with Gasteiger partial charge in [-0.2, -0.15) is 5.10 Å². The predicted molar refractivity (Wildman–Crippen MR) is 117 cm³/mol. The number of benzene rings is 2. The molecular formula is C23H25N5O2. The van der Waals surface area contributed by atoms with Crippen LogP contribution in [0.4, 0.5) is 11.4 Å². The van der Waals surface area contributed by atoms with Gasteiger partial charge in [0, 0.05) is 17.8 Å². The first kappa shape index (κ1) is 19.8. The summed E-state index contributed by atoms with van der Waals surface area (Å²) in [6.07, 6.45) is 0. The topological polar surface area (TPSA) is 70.5 Å². The molecule has 2 amide bonds. The van der Waals surface area contributed by atoms with Gasteiger partial charge < -0.3 is 5.32 Å². The van der Waals surface area contributed by atoms with Crippen LogP contribution >= 0.6 is 0 Å². The molecule has 1 aromatic heterocycles. The molecule has 0 bridgehead atoms. The Morgan fingerprint density at radius 1 is 1.10 bits per heavy atom. The number of hydrogen-bond acceptors (Lipinski definition) is 4. The average molecular weight is 403 g/mol. The second kappa shape index (κ2) is 8.12. The molecule has 0 aliphatic carbocycles. The van der Waals surface area contributed by atoms with E-state index in [9.17, 15) is 9.59 Å². The van der Waals surface area contributed by atoms with Crippen LogP contribution in [0.25, 0.3) is 5.69 Å². The summed E-state index contributed by atoms with van der Waals surface area (Å²) in [5, 5.41) is 7.50. The van der Waals surface area contributed by atoms with Crippen molar-refractivity contribution in [3.63, 3.8) is 0 Å². The zero-order valence-electron chi connectivity index (χ0n) is 17.4. The Balaban J connectivity index is 1.49. The largest absolute Gasteiger partial charge is 0.323 e. The maximum Gasteiger partial charge on any atom is 0.244 e. The van der Waals surface area contributed by atoms with Crippen LogP contribution in [0.3, 0.4) is 0 Å². The number of fused-ring (bicyclic) bond motifs is 1. The van der Waals surface area contributed by atoms with Crippen molar-refractivity contribution < 1.29 is 9.59 Å². The molecule has 4 rings (SSSR count). The fourth-order valence-electron chi connectivity index (χ4n) is 3.82. The van der Waals surface area contributed by atoms with Crippen molar-refractivity contribution in [2.24, 2.45) is 0 Å². The first-order valence-corrected chi connectivity index (χ1v) is 9.92. The van der Waals surface area contributed by atoms with Crippen molar-refractivity contribution >= 4 is 23.2 Å². The van der Waals surface area contributed by atoms with E-state index in [1.165, 1.54) is 0 Å². The highest BCUT2D eigenvalue weighted by Crippen LogP contribution is 2.29. The molecule has 0 saturated carbocycles. The maximum atomic E-state index is 13.0. The molecule has 7 nitrogen and oxygen atoms in total. The summed E-state index contributed by atoms with van der Waals surface area (Å²) < 4.78 is 1.94. The molecule has 0 atom stereocenters. The van der Waals surface area contributed by atoms with Crippen LogP contribution in [0, 0.1) is 13.8 Å². The van der Waals surface area contributed by atoms with Gasteiger partial charge in [0.1, 0.15) is 6.54 Å². The highest BCUT2D eigenvalue weighted by Gasteiger charge is 2.27. The number of aromatic nitrogens is 2. The first-order valence-electron chi connectivity index (χ1n) is 9.92. The number of aryl methyl sites for hydroxylation is 1. The third kappa shape index (κ3) is 3.84. The number of para-hydroxylation sites is 3. The summed E-state index contributed by atoms with van der Waals surface area (Å²) in [5.41, 5.74) is 5.52. The zero-order chi connectivity index (χ0) is 21.3.